The number of piperazine rings is 3. The van der Waals surface area contributed by atoms with Crippen molar-refractivity contribution in [3.63, 3.8) is 0 Å². The minimum absolute atomic E-state index is 0.162. The van der Waals surface area contributed by atoms with Crippen LogP contribution < -0.4 is 5.32 Å². The number of nitrogens with zero attached hydrogens (tertiary/aromatic N) is 2. The van der Waals surface area contributed by atoms with E-state index in [4.69, 9.17) is 0 Å². The van der Waals surface area contributed by atoms with Crippen LogP contribution in [0.1, 0.15) is 18.4 Å². The Balaban J connectivity index is 1.34. The first-order chi connectivity index (χ1) is 10.8. The molecule has 0 saturated carbocycles. The molecule has 3 aliphatic rings. The first-order valence-electron chi connectivity index (χ1n) is 8.26. The summed E-state index contributed by atoms with van der Waals surface area (Å²) in [6.45, 7) is 6.58. The van der Waals surface area contributed by atoms with Crippen LogP contribution in [0.15, 0.2) is 36.4 Å². The van der Waals surface area contributed by atoms with E-state index in [9.17, 15) is 4.79 Å². The van der Waals surface area contributed by atoms with E-state index in [1.807, 2.05) is 18.2 Å². The zero-order chi connectivity index (χ0) is 15.2. The number of benzene rings is 1. The highest BCUT2D eigenvalue weighted by Gasteiger charge is 2.31. The Labute approximate surface area is 132 Å². The molecule has 1 atom stereocenters. The number of amides is 1. The van der Waals surface area contributed by atoms with E-state index in [1.54, 1.807) is 0 Å². The molecule has 3 aliphatic heterocycles. The Hall–Kier alpha value is -1.65. The molecule has 1 N–H and O–H groups in total. The number of hydrogen-bond acceptors (Lipinski definition) is 3. The van der Waals surface area contributed by atoms with Crippen LogP contribution in [0.5, 0.6) is 0 Å². The molecule has 1 unspecified atom stereocenters. The monoisotopic (exact) mass is 299 g/mol. The topological polar surface area (TPSA) is 35.6 Å². The van der Waals surface area contributed by atoms with Gasteiger partial charge >= 0.3 is 0 Å². The van der Waals surface area contributed by atoms with E-state index in [0.717, 1.165) is 32.6 Å². The van der Waals surface area contributed by atoms with Gasteiger partial charge in [-0.3, -0.25) is 14.6 Å². The molecule has 118 valence electrons. The van der Waals surface area contributed by atoms with Crippen molar-refractivity contribution in [2.24, 2.45) is 0 Å². The molecule has 3 heterocycles. The lowest BCUT2D eigenvalue weighted by atomic mass is 10.1. The van der Waals surface area contributed by atoms with Crippen LogP contribution in [0.4, 0.5) is 0 Å². The van der Waals surface area contributed by atoms with Crippen molar-refractivity contribution in [1.82, 2.24) is 15.1 Å². The Morgan fingerprint density at radius 1 is 1.18 bits per heavy atom. The van der Waals surface area contributed by atoms with Gasteiger partial charge in [-0.05, 0) is 12.0 Å². The molecule has 3 saturated heterocycles. The zero-order valence-electron chi connectivity index (χ0n) is 13.1. The smallest absolute Gasteiger partial charge is 0.220 e. The van der Waals surface area contributed by atoms with Crippen LogP contribution in [0.2, 0.25) is 0 Å². The number of rotatable bonds is 6. The summed E-state index contributed by atoms with van der Waals surface area (Å²) in [7, 11) is 0. The van der Waals surface area contributed by atoms with E-state index in [1.165, 1.54) is 18.7 Å². The van der Waals surface area contributed by atoms with Gasteiger partial charge in [0.1, 0.15) is 0 Å². The Kier molecular flexibility index (Phi) is 5.24. The van der Waals surface area contributed by atoms with Crippen LogP contribution in [-0.4, -0.2) is 61.0 Å². The first-order valence-corrected chi connectivity index (χ1v) is 8.26. The van der Waals surface area contributed by atoms with Crippen LogP contribution in [0, 0.1) is 0 Å². The van der Waals surface area contributed by atoms with E-state index >= 15 is 0 Å². The van der Waals surface area contributed by atoms with Crippen molar-refractivity contribution in [3.8, 4) is 0 Å². The molecule has 4 heteroatoms. The average molecular weight is 299 g/mol. The van der Waals surface area contributed by atoms with Crippen molar-refractivity contribution >= 4 is 12.0 Å². The van der Waals surface area contributed by atoms with Gasteiger partial charge in [-0.15, -0.1) is 0 Å². The van der Waals surface area contributed by atoms with Gasteiger partial charge in [-0.1, -0.05) is 42.5 Å². The van der Waals surface area contributed by atoms with Crippen LogP contribution >= 0.6 is 0 Å². The molecular formula is C18H25N3O. The minimum Gasteiger partial charge on any atom is -0.354 e. The maximum Gasteiger partial charge on any atom is 0.220 e. The number of fused-ring (bicyclic) bond motifs is 3. The summed E-state index contributed by atoms with van der Waals surface area (Å²) in [6.07, 6.45) is 5.51. The quantitative estimate of drug-likeness (QED) is 0.866. The number of nitrogens with one attached hydrogen (secondary N) is 1. The second-order valence-corrected chi connectivity index (χ2v) is 6.15. The van der Waals surface area contributed by atoms with E-state index < -0.39 is 0 Å². The standard InChI is InChI=1S/C18H25N3O/c22-18(9-5-4-8-16-6-2-1-3-7-16)19-14-17-15-20-10-12-21(17)13-11-20/h1-4,6-8,17H,5,9-15H2,(H,19,22)/b8-4+. The highest BCUT2D eigenvalue weighted by molar-refractivity contribution is 5.76. The summed E-state index contributed by atoms with van der Waals surface area (Å²) in [5.74, 6) is 0.162. The van der Waals surface area contributed by atoms with Crippen molar-refractivity contribution in [2.45, 2.75) is 18.9 Å². The van der Waals surface area contributed by atoms with Gasteiger partial charge in [-0.2, -0.15) is 0 Å². The predicted octanol–water partition coefficient (Wildman–Crippen LogP) is 1.60. The molecule has 4 nitrogen and oxygen atoms in total. The molecule has 4 rings (SSSR count). The molecular weight excluding hydrogens is 274 g/mol. The third-order valence-corrected chi connectivity index (χ3v) is 4.58. The fourth-order valence-electron chi connectivity index (χ4n) is 3.24. The fraction of sp³-hybridized carbons (Fsp3) is 0.500. The average Bonchev–Trinajstić information content (AvgIpc) is 2.59. The Morgan fingerprint density at radius 3 is 2.64 bits per heavy atom. The van der Waals surface area contributed by atoms with Gasteiger partial charge in [0.25, 0.3) is 0 Å². The third kappa shape index (κ3) is 4.18. The zero-order valence-corrected chi connectivity index (χ0v) is 13.1. The van der Waals surface area contributed by atoms with Crippen LogP contribution in [0.3, 0.4) is 0 Å². The fourth-order valence-corrected chi connectivity index (χ4v) is 3.24. The van der Waals surface area contributed by atoms with Gasteiger partial charge in [-0.25, -0.2) is 0 Å². The molecule has 0 aliphatic carbocycles. The lowest BCUT2D eigenvalue weighted by Gasteiger charge is -2.47. The van der Waals surface area contributed by atoms with Crippen LogP contribution in [-0.2, 0) is 4.79 Å². The number of allylic oxidation sites excluding steroid dienone is 1. The molecule has 3 fully saturated rings. The van der Waals surface area contributed by atoms with Crippen molar-refractivity contribution in [2.75, 3.05) is 39.3 Å². The summed E-state index contributed by atoms with van der Waals surface area (Å²) >= 11 is 0. The second kappa shape index (κ2) is 7.56. The number of carbonyl (C=O) groups is 1. The lowest BCUT2D eigenvalue weighted by molar-refractivity contribution is -0.121. The van der Waals surface area contributed by atoms with E-state index in [0.29, 0.717) is 12.5 Å². The summed E-state index contributed by atoms with van der Waals surface area (Å²) in [4.78, 5) is 16.9. The van der Waals surface area contributed by atoms with Gasteiger partial charge in [0, 0.05) is 51.7 Å². The largest absolute Gasteiger partial charge is 0.354 e. The lowest BCUT2D eigenvalue weighted by Crippen LogP contribution is -2.63. The number of carbonyl (C=O) groups excluding carboxylic acids is 1. The molecule has 0 spiro atoms. The normalized spacial score (nSPS) is 27.2. The molecule has 1 aromatic rings. The maximum atomic E-state index is 11.9. The van der Waals surface area contributed by atoms with Crippen LogP contribution in [0.25, 0.3) is 6.08 Å². The van der Waals surface area contributed by atoms with Crippen molar-refractivity contribution in [3.05, 3.63) is 42.0 Å². The summed E-state index contributed by atoms with van der Waals surface area (Å²) < 4.78 is 0. The Morgan fingerprint density at radius 2 is 1.95 bits per heavy atom. The van der Waals surface area contributed by atoms with Crippen molar-refractivity contribution in [1.29, 1.82) is 0 Å². The molecule has 22 heavy (non-hydrogen) atoms. The molecule has 2 bridgehead atoms. The van der Waals surface area contributed by atoms with Gasteiger partial charge in [0.2, 0.25) is 5.91 Å². The van der Waals surface area contributed by atoms with E-state index in [-0.39, 0.29) is 5.91 Å². The highest BCUT2D eigenvalue weighted by atomic mass is 16.1. The Bertz CT molecular complexity index is 506. The second-order valence-electron chi connectivity index (χ2n) is 6.15. The summed E-state index contributed by atoms with van der Waals surface area (Å²) in [5.41, 5.74) is 1.18. The highest BCUT2D eigenvalue weighted by Crippen LogP contribution is 2.14. The molecule has 0 radical (unpaired) electrons. The number of hydrogen-bond donors (Lipinski definition) is 1. The van der Waals surface area contributed by atoms with Gasteiger partial charge in [0.05, 0.1) is 0 Å². The van der Waals surface area contributed by atoms with E-state index in [2.05, 4.69) is 39.4 Å². The summed E-state index contributed by atoms with van der Waals surface area (Å²) in [5, 5.41) is 3.09. The maximum absolute atomic E-state index is 11.9. The minimum atomic E-state index is 0.162. The summed E-state index contributed by atoms with van der Waals surface area (Å²) in [6, 6.07) is 10.7. The SMILES string of the molecule is O=C(CC/C=C/c1ccccc1)NCC1CN2CCN1CC2. The predicted molar refractivity (Wildman–Crippen MR) is 89.5 cm³/mol. The first kappa shape index (κ1) is 15.3. The van der Waals surface area contributed by atoms with Gasteiger partial charge in [0.15, 0.2) is 0 Å². The third-order valence-electron chi connectivity index (χ3n) is 4.58. The van der Waals surface area contributed by atoms with Gasteiger partial charge < -0.3 is 5.32 Å². The molecule has 1 aromatic carbocycles. The molecule has 1 amide bonds. The van der Waals surface area contributed by atoms with Crippen molar-refractivity contribution < 1.29 is 4.79 Å². The molecule has 0 aromatic heterocycles.